The van der Waals surface area contributed by atoms with Gasteiger partial charge in [-0.1, -0.05) is 6.07 Å². The molecule has 0 N–H and O–H groups in total. The van der Waals surface area contributed by atoms with Gasteiger partial charge in [0.05, 0.1) is 30.2 Å². The number of thiophene rings is 1. The van der Waals surface area contributed by atoms with Crippen molar-refractivity contribution in [3.05, 3.63) is 22.4 Å². The van der Waals surface area contributed by atoms with Gasteiger partial charge in [-0.25, -0.2) is 0 Å². The molecule has 20 heavy (non-hydrogen) atoms. The predicted octanol–water partition coefficient (Wildman–Crippen LogP) is 2.74. The number of morpholine rings is 1. The molecule has 2 rings (SSSR count). The fourth-order valence-electron chi connectivity index (χ4n) is 2.59. The number of carbonyl (C=O) groups is 2. The molecular formula is C15H21NO3S. The first-order valence-electron chi connectivity index (χ1n) is 7.05. The Bertz CT molecular complexity index is 448. The summed E-state index contributed by atoms with van der Waals surface area (Å²) in [6.45, 7) is 5.21. The monoisotopic (exact) mass is 295 g/mol. The van der Waals surface area contributed by atoms with Gasteiger partial charge < -0.3 is 9.64 Å². The zero-order valence-electron chi connectivity index (χ0n) is 12.0. The molecule has 5 heteroatoms. The smallest absolute Gasteiger partial charge is 0.223 e. The molecule has 1 aliphatic heterocycles. The maximum Gasteiger partial charge on any atom is 0.223 e. The third-order valence-corrected chi connectivity index (χ3v) is 4.46. The summed E-state index contributed by atoms with van der Waals surface area (Å²) >= 11 is 1.46. The van der Waals surface area contributed by atoms with Gasteiger partial charge >= 0.3 is 0 Å². The molecule has 0 aliphatic carbocycles. The van der Waals surface area contributed by atoms with E-state index < -0.39 is 0 Å². The molecule has 110 valence electrons. The van der Waals surface area contributed by atoms with Crippen LogP contribution in [0, 0.1) is 0 Å². The largest absolute Gasteiger partial charge is 0.377 e. The van der Waals surface area contributed by atoms with E-state index in [2.05, 4.69) is 0 Å². The van der Waals surface area contributed by atoms with Crippen molar-refractivity contribution in [3.63, 3.8) is 0 Å². The topological polar surface area (TPSA) is 46.6 Å². The molecule has 1 aromatic rings. The van der Waals surface area contributed by atoms with E-state index in [0.29, 0.717) is 32.5 Å². The Morgan fingerprint density at radius 2 is 2.00 bits per heavy atom. The highest BCUT2D eigenvalue weighted by molar-refractivity contribution is 7.12. The molecule has 0 saturated carbocycles. The van der Waals surface area contributed by atoms with Gasteiger partial charge in [0, 0.05) is 12.8 Å². The van der Waals surface area contributed by atoms with Crippen molar-refractivity contribution in [3.8, 4) is 0 Å². The number of ether oxygens (including phenoxy) is 1. The summed E-state index contributed by atoms with van der Waals surface area (Å²) in [5.41, 5.74) is 0. The molecule has 0 aromatic carbocycles. The van der Waals surface area contributed by atoms with E-state index in [9.17, 15) is 9.59 Å². The average molecular weight is 295 g/mol. The Hall–Kier alpha value is -1.20. The number of carbonyl (C=O) groups excluding carboxylic acids is 2. The van der Waals surface area contributed by atoms with Crippen molar-refractivity contribution in [1.29, 1.82) is 0 Å². The molecule has 4 nitrogen and oxygen atoms in total. The van der Waals surface area contributed by atoms with E-state index in [1.54, 1.807) is 0 Å². The normalized spacial score (nSPS) is 22.8. The van der Waals surface area contributed by atoms with Crippen molar-refractivity contribution in [1.82, 2.24) is 4.90 Å². The zero-order chi connectivity index (χ0) is 14.5. The summed E-state index contributed by atoms with van der Waals surface area (Å²) in [4.78, 5) is 26.8. The van der Waals surface area contributed by atoms with E-state index >= 15 is 0 Å². The number of amides is 1. The fourth-order valence-corrected chi connectivity index (χ4v) is 3.28. The highest BCUT2D eigenvalue weighted by Crippen LogP contribution is 2.17. The summed E-state index contributed by atoms with van der Waals surface area (Å²) in [6, 6.07) is 3.96. The first-order valence-corrected chi connectivity index (χ1v) is 7.93. The van der Waals surface area contributed by atoms with Gasteiger partial charge in [0.1, 0.15) is 0 Å². The van der Waals surface area contributed by atoms with Crippen LogP contribution in [0.2, 0.25) is 0 Å². The Kier molecular flexibility index (Phi) is 5.31. The molecule has 0 radical (unpaired) electrons. The van der Waals surface area contributed by atoms with E-state index in [1.807, 2.05) is 36.3 Å². The number of hydrogen-bond acceptors (Lipinski definition) is 4. The SMILES string of the molecule is CC1COCC(C)N1C(=O)CCCC(=O)c1cccs1. The Balaban J connectivity index is 1.78. The van der Waals surface area contributed by atoms with Crippen LogP contribution >= 0.6 is 11.3 Å². The fraction of sp³-hybridized carbons (Fsp3) is 0.600. The highest BCUT2D eigenvalue weighted by atomic mass is 32.1. The second-order valence-electron chi connectivity index (χ2n) is 5.29. The van der Waals surface area contributed by atoms with Gasteiger partial charge in [0.2, 0.25) is 5.91 Å². The third-order valence-electron chi connectivity index (χ3n) is 3.55. The van der Waals surface area contributed by atoms with Crippen LogP contribution in [0.25, 0.3) is 0 Å². The maximum absolute atomic E-state index is 12.2. The van der Waals surface area contributed by atoms with Crippen LogP contribution in [-0.4, -0.2) is 41.9 Å². The van der Waals surface area contributed by atoms with Gasteiger partial charge in [-0.15, -0.1) is 11.3 Å². The second-order valence-corrected chi connectivity index (χ2v) is 6.24. The van der Waals surface area contributed by atoms with Gasteiger partial charge in [-0.05, 0) is 31.7 Å². The van der Waals surface area contributed by atoms with E-state index in [1.165, 1.54) is 11.3 Å². The summed E-state index contributed by atoms with van der Waals surface area (Å²) in [5.74, 6) is 0.267. The molecule has 0 spiro atoms. The molecule has 1 amide bonds. The lowest BCUT2D eigenvalue weighted by Gasteiger charge is -2.38. The number of ketones is 1. The third kappa shape index (κ3) is 3.67. The van der Waals surface area contributed by atoms with Crippen LogP contribution in [-0.2, 0) is 9.53 Å². The van der Waals surface area contributed by atoms with E-state index in [4.69, 9.17) is 4.74 Å². The molecule has 0 bridgehead atoms. The maximum atomic E-state index is 12.2. The minimum Gasteiger partial charge on any atom is -0.377 e. The van der Waals surface area contributed by atoms with Crippen molar-refractivity contribution in [2.24, 2.45) is 0 Å². The number of hydrogen-bond donors (Lipinski definition) is 0. The summed E-state index contributed by atoms with van der Waals surface area (Å²) in [6.07, 6.45) is 1.50. The number of rotatable bonds is 5. The van der Waals surface area contributed by atoms with Gasteiger partial charge in [-0.3, -0.25) is 9.59 Å². The van der Waals surface area contributed by atoms with Crippen molar-refractivity contribution >= 4 is 23.0 Å². The Morgan fingerprint density at radius 3 is 2.60 bits per heavy atom. The van der Waals surface area contributed by atoms with Crippen molar-refractivity contribution in [2.45, 2.75) is 45.2 Å². The van der Waals surface area contributed by atoms with Crippen molar-refractivity contribution in [2.75, 3.05) is 13.2 Å². The molecule has 2 heterocycles. The van der Waals surface area contributed by atoms with Gasteiger partial charge in [-0.2, -0.15) is 0 Å². The molecular weight excluding hydrogens is 274 g/mol. The van der Waals surface area contributed by atoms with Gasteiger partial charge in [0.15, 0.2) is 5.78 Å². The zero-order valence-corrected chi connectivity index (χ0v) is 12.8. The predicted molar refractivity (Wildman–Crippen MR) is 79.1 cm³/mol. The van der Waals surface area contributed by atoms with Crippen LogP contribution in [0.4, 0.5) is 0 Å². The first kappa shape index (κ1) is 15.2. The Labute approximate surface area is 123 Å². The van der Waals surface area contributed by atoms with Gasteiger partial charge in [0.25, 0.3) is 0 Å². The molecule has 1 aliphatic rings. The minimum atomic E-state index is 0.124. The van der Waals surface area contributed by atoms with Crippen LogP contribution in [0.3, 0.4) is 0 Å². The highest BCUT2D eigenvalue weighted by Gasteiger charge is 2.29. The quantitative estimate of drug-likeness (QED) is 0.785. The van der Waals surface area contributed by atoms with Crippen LogP contribution in [0.1, 0.15) is 42.8 Å². The van der Waals surface area contributed by atoms with E-state index in [-0.39, 0.29) is 23.8 Å². The molecule has 1 aromatic heterocycles. The average Bonchev–Trinajstić information content (AvgIpc) is 2.92. The molecule has 1 fully saturated rings. The second kappa shape index (κ2) is 6.99. The lowest BCUT2D eigenvalue weighted by Crippen LogP contribution is -2.52. The summed E-state index contributed by atoms with van der Waals surface area (Å²) in [5, 5.41) is 1.90. The lowest BCUT2D eigenvalue weighted by atomic mass is 10.1. The van der Waals surface area contributed by atoms with Crippen LogP contribution < -0.4 is 0 Å². The molecule has 1 saturated heterocycles. The number of Topliss-reactive ketones (excluding diaryl/α,β-unsaturated/α-hetero) is 1. The van der Waals surface area contributed by atoms with Crippen LogP contribution in [0.5, 0.6) is 0 Å². The summed E-state index contributed by atoms with van der Waals surface area (Å²) in [7, 11) is 0. The Morgan fingerprint density at radius 1 is 1.30 bits per heavy atom. The standard InChI is InChI=1S/C15H21NO3S/c1-11-9-19-10-12(2)16(11)15(18)7-3-5-13(17)14-6-4-8-20-14/h4,6,8,11-12H,3,5,7,9-10H2,1-2H3. The summed E-state index contributed by atoms with van der Waals surface area (Å²) < 4.78 is 5.42. The number of nitrogens with zero attached hydrogens (tertiary/aromatic N) is 1. The first-order chi connectivity index (χ1) is 9.59. The lowest BCUT2D eigenvalue weighted by molar-refractivity contribution is -0.144. The molecule has 2 atom stereocenters. The van der Waals surface area contributed by atoms with E-state index in [0.717, 1.165) is 4.88 Å². The molecule has 2 unspecified atom stereocenters. The minimum absolute atomic E-state index is 0.124. The van der Waals surface area contributed by atoms with Crippen molar-refractivity contribution < 1.29 is 14.3 Å². The van der Waals surface area contributed by atoms with Crippen LogP contribution in [0.15, 0.2) is 17.5 Å².